The van der Waals surface area contributed by atoms with Crippen LogP contribution in [0.3, 0.4) is 0 Å². The van der Waals surface area contributed by atoms with Crippen LogP contribution in [-0.2, 0) is 0 Å². The molecule has 84 valence electrons. The molecule has 1 atom stereocenters. The van der Waals surface area contributed by atoms with Crippen LogP contribution >= 0.6 is 0 Å². The van der Waals surface area contributed by atoms with Crippen molar-refractivity contribution >= 4 is 0 Å². The number of nitrogens with one attached hydrogen (secondary N) is 1. The maximum atomic E-state index is 3.77. The van der Waals surface area contributed by atoms with E-state index in [4.69, 9.17) is 0 Å². The third-order valence-corrected chi connectivity index (χ3v) is 2.71. The zero-order valence-corrected chi connectivity index (χ0v) is 10.4. The summed E-state index contributed by atoms with van der Waals surface area (Å²) >= 11 is 0. The second-order valence-electron chi connectivity index (χ2n) is 5.03. The second kappa shape index (κ2) is 7.05. The summed E-state index contributed by atoms with van der Waals surface area (Å²) in [6, 6.07) is 0.431. The highest BCUT2D eigenvalue weighted by Gasteiger charge is 2.17. The van der Waals surface area contributed by atoms with E-state index in [0.29, 0.717) is 11.5 Å². The van der Waals surface area contributed by atoms with Crippen molar-refractivity contribution in [2.24, 2.45) is 5.41 Å². The molecule has 0 aromatic heterocycles. The highest BCUT2D eigenvalue weighted by Crippen LogP contribution is 2.22. The van der Waals surface area contributed by atoms with Gasteiger partial charge in [0.1, 0.15) is 0 Å². The van der Waals surface area contributed by atoms with Gasteiger partial charge in [0.15, 0.2) is 0 Å². The summed E-state index contributed by atoms with van der Waals surface area (Å²) in [6.45, 7) is 13.9. The lowest BCUT2D eigenvalue weighted by molar-refractivity contribution is 0.297. The first-order chi connectivity index (χ1) is 6.52. The predicted molar refractivity (Wildman–Crippen MR) is 65.6 cm³/mol. The van der Waals surface area contributed by atoms with E-state index in [0.717, 1.165) is 6.54 Å². The average Bonchev–Trinajstić information content (AvgIpc) is 2.14. The third kappa shape index (κ3) is 7.14. The molecule has 0 radical (unpaired) electrons. The molecule has 1 N–H and O–H groups in total. The van der Waals surface area contributed by atoms with Gasteiger partial charge >= 0.3 is 0 Å². The standard InChI is InChI=1S/C13H27N/c1-6-8-9-10-13(4,5)11-14-12(3)7-2/h7,12,14H,2,6,8-11H2,1,3-5H3. The van der Waals surface area contributed by atoms with E-state index < -0.39 is 0 Å². The minimum absolute atomic E-state index is 0.423. The first-order valence-electron chi connectivity index (χ1n) is 5.88. The molecule has 0 rings (SSSR count). The molecule has 0 aromatic carbocycles. The van der Waals surface area contributed by atoms with Crippen LogP contribution in [0.25, 0.3) is 0 Å². The van der Waals surface area contributed by atoms with Gasteiger partial charge in [0.2, 0.25) is 0 Å². The summed E-state index contributed by atoms with van der Waals surface area (Å²) in [5.74, 6) is 0. The van der Waals surface area contributed by atoms with Gasteiger partial charge in [-0.25, -0.2) is 0 Å². The molecule has 0 fully saturated rings. The molecule has 0 heterocycles. The molecule has 0 bridgehead atoms. The first-order valence-corrected chi connectivity index (χ1v) is 5.88. The van der Waals surface area contributed by atoms with E-state index in [2.05, 4.69) is 39.6 Å². The number of unbranched alkanes of at least 4 members (excludes halogenated alkanes) is 2. The molecule has 0 amide bonds. The molecule has 1 heteroatoms. The third-order valence-electron chi connectivity index (χ3n) is 2.71. The number of hydrogen-bond acceptors (Lipinski definition) is 1. The van der Waals surface area contributed by atoms with Crippen molar-refractivity contribution in [2.75, 3.05) is 6.54 Å². The molecule has 14 heavy (non-hydrogen) atoms. The van der Waals surface area contributed by atoms with Crippen LogP contribution in [0.5, 0.6) is 0 Å². The lowest BCUT2D eigenvalue weighted by Crippen LogP contribution is -2.34. The zero-order chi connectivity index (χ0) is 11.0. The summed E-state index contributed by atoms with van der Waals surface area (Å²) in [5.41, 5.74) is 0.423. The zero-order valence-electron chi connectivity index (χ0n) is 10.4. The molecule has 0 aliphatic carbocycles. The van der Waals surface area contributed by atoms with E-state index >= 15 is 0 Å². The van der Waals surface area contributed by atoms with Crippen LogP contribution in [0.4, 0.5) is 0 Å². The fraction of sp³-hybridized carbons (Fsp3) is 0.846. The van der Waals surface area contributed by atoms with Gasteiger partial charge in [-0.05, 0) is 18.8 Å². The Morgan fingerprint density at radius 1 is 1.36 bits per heavy atom. The smallest absolute Gasteiger partial charge is 0.0219 e. The van der Waals surface area contributed by atoms with Crippen LogP contribution < -0.4 is 5.32 Å². The van der Waals surface area contributed by atoms with Crippen LogP contribution in [-0.4, -0.2) is 12.6 Å². The summed E-state index contributed by atoms with van der Waals surface area (Å²) in [5, 5.41) is 3.48. The quantitative estimate of drug-likeness (QED) is 0.461. The first kappa shape index (κ1) is 13.7. The molecule has 0 spiro atoms. The minimum atomic E-state index is 0.423. The minimum Gasteiger partial charge on any atom is -0.310 e. The normalized spacial score (nSPS) is 14.0. The fourth-order valence-electron chi connectivity index (χ4n) is 1.46. The average molecular weight is 197 g/mol. The van der Waals surface area contributed by atoms with Gasteiger partial charge < -0.3 is 5.32 Å². The van der Waals surface area contributed by atoms with E-state index in [1.165, 1.54) is 25.7 Å². The van der Waals surface area contributed by atoms with Gasteiger partial charge in [-0.3, -0.25) is 0 Å². The molecule has 0 aliphatic rings. The Morgan fingerprint density at radius 2 is 2.00 bits per heavy atom. The van der Waals surface area contributed by atoms with Crippen LogP contribution in [0.1, 0.15) is 53.4 Å². The molecule has 0 saturated carbocycles. The second-order valence-corrected chi connectivity index (χ2v) is 5.03. The summed E-state index contributed by atoms with van der Waals surface area (Å²) < 4.78 is 0. The van der Waals surface area contributed by atoms with Crippen LogP contribution in [0, 0.1) is 5.41 Å². The summed E-state index contributed by atoms with van der Waals surface area (Å²) in [6.07, 6.45) is 7.31. The highest BCUT2D eigenvalue weighted by atomic mass is 14.9. The molecular formula is C13H27N. The van der Waals surface area contributed by atoms with E-state index in [-0.39, 0.29) is 0 Å². The Labute approximate surface area is 90.0 Å². The van der Waals surface area contributed by atoms with E-state index in [1.54, 1.807) is 0 Å². The van der Waals surface area contributed by atoms with Crippen LogP contribution in [0.15, 0.2) is 12.7 Å². The SMILES string of the molecule is C=CC(C)NCC(C)(C)CCCCC. The fourth-order valence-corrected chi connectivity index (χ4v) is 1.46. The Bertz CT molecular complexity index is 149. The van der Waals surface area contributed by atoms with Crippen molar-refractivity contribution in [3.05, 3.63) is 12.7 Å². The largest absolute Gasteiger partial charge is 0.310 e. The Hall–Kier alpha value is -0.300. The molecule has 0 aromatic rings. The maximum absolute atomic E-state index is 3.77. The van der Waals surface area contributed by atoms with Gasteiger partial charge in [-0.1, -0.05) is 46.1 Å². The van der Waals surface area contributed by atoms with Gasteiger partial charge in [0, 0.05) is 12.6 Å². The lowest BCUT2D eigenvalue weighted by atomic mass is 9.86. The van der Waals surface area contributed by atoms with Crippen molar-refractivity contribution in [2.45, 2.75) is 59.4 Å². The number of hydrogen-bond donors (Lipinski definition) is 1. The maximum Gasteiger partial charge on any atom is 0.0219 e. The van der Waals surface area contributed by atoms with Gasteiger partial charge in [0.25, 0.3) is 0 Å². The monoisotopic (exact) mass is 197 g/mol. The van der Waals surface area contributed by atoms with Crippen molar-refractivity contribution in [1.29, 1.82) is 0 Å². The molecule has 0 aliphatic heterocycles. The topological polar surface area (TPSA) is 12.0 Å². The van der Waals surface area contributed by atoms with Crippen LogP contribution in [0.2, 0.25) is 0 Å². The Balaban J connectivity index is 3.65. The van der Waals surface area contributed by atoms with Gasteiger partial charge in [-0.2, -0.15) is 0 Å². The summed E-state index contributed by atoms with van der Waals surface area (Å²) in [4.78, 5) is 0. The highest BCUT2D eigenvalue weighted by molar-refractivity contribution is 4.83. The van der Waals surface area contributed by atoms with Gasteiger partial charge in [0.05, 0.1) is 0 Å². The molecular weight excluding hydrogens is 170 g/mol. The van der Waals surface area contributed by atoms with Crippen molar-refractivity contribution in [3.8, 4) is 0 Å². The Morgan fingerprint density at radius 3 is 2.50 bits per heavy atom. The molecule has 0 saturated heterocycles. The molecule has 1 unspecified atom stereocenters. The van der Waals surface area contributed by atoms with Crippen molar-refractivity contribution < 1.29 is 0 Å². The van der Waals surface area contributed by atoms with E-state index in [9.17, 15) is 0 Å². The van der Waals surface area contributed by atoms with E-state index in [1.807, 2.05) is 6.08 Å². The van der Waals surface area contributed by atoms with Crippen molar-refractivity contribution in [3.63, 3.8) is 0 Å². The number of rotatable bonds is 8. The van der Waals surface area contributed by atoms with Gasteiger partial charge in [-0.15, -0.1) is 6.58 Å². The lowest BCUT2D eigenvalue weighted by Gasteiger charge is -2.26. The predicted octanol–water partition coefficient (Wildman–Crippen LogP) is 3.76. The van der Waals surface area contributed by atoms with Crippen molar-refractivity contribution in [1.82, 2.24) is 5.32 Å². The molecule has 1 nitrogen and oxygen atoms in total. The summed E-state index contributed by atoms with van der Waals surface area (Å²) in [7, 11) is 0. The Kier molecular flexibility index (Phi) is 6.90.